The Hall–Kier alpha value is -2.82. The molecule has 160 valence electrons. The average Bonchev–Trinajstić information content (AvgIpc) is 2.77. The van der Waals surface area contributed by atoms with Crippen molar-refractivity contribution < 1.29 is 22.7 Å². The Kier molecular flexibility index (Phi) is 7.14. The van der Waals surface area contributed by atoms with E-state index in [0.29, 0.717) is 13.0 Å². The van der Waals surface area contributed by atoms with Gasteiger partial charge in [0.2, 0.25) is 10.0 Å². The average molecular weight is 433 g/mol. The summed E-state index contributed by atoms with van der Waals surface area (Å²) in [6.45, 7) is 2.56. The number of aromatic nitrogens is 1. The summed E-state index contributed by atoms with van der Waals surface area (Å²) in [6.07, 6.45) is 2.83. The van der Waals surface area contributed by atoms with Crippen molar-refractivity contribution in [3.05, 3.63) is 59.9 Å². The van der Waals surface area contributed by atoms with E-state index in [2.05, 4.69) is 15.6 Å². The molecule has 0 spiro atoms. The van der Waals surface area contributed by atoms with E-state index in [1.807, 2.05) is 6.92 Å². The van der Waals surface area contributed by atoms with Crippen LogP contribution in [0.15, 0.2) is 53.7 Å². The molecule has 0 unspecified atom stereocenters. The second kappa shape index (κ2) is 9.79. The van der Waals surface area contributed by atoms with Gasteiger partial charge < -0.3 is 15.4 Å². The fourth-order valence-corrected chi connectivity index (χ4v) is 4.54. The number of nitrogens with zero attached hydrogens (tertiary/aromatic N) is 2. The summed E-state index contributed by atoms with van der Waals surface area (Å²) in [7, 11) is -3.79. The van der Waals surface area contributed by atoms with Gasteiger partial charge in [-0.1, -0.05) is 17.7 Å². The van der Waals surface area contributed by atoms with Crippen LogP contribution in [0.4, 0.5) is 0 Å². The molecule has 3 rings (SSSR count). The van der Waals surface area contributed by atoms with Crippen molar-refractivity contribution in [3.8, 4) is 0 Å². The maximum Gasteiger partial charge on any atom is 0.309 e. The van der Waals surface area contributed by atoms with E-state index in [1.165, 1.54) is 4.31 Å². The van der Waals surface area contributed by atoms with Crippen LogP contribution in [0.2, 0.25) is 0 Å². The van der Waals surface area contributed by atoms with Crippen LogP contribution < -0.4 is 10.6 Å². The van der Waals surface area contributed by atoms with Crippen molar-refractivity contribution in [2.45, 2.75) is 31.0 Å². The van der Waals surface area contributed by atoms with E-state index in [9.17, 15) is 18.0 Å². The number of sulfonamides is 1. The van der Waals surface area contributed by atoms with Crippen molar-refractivity contribution >= 4 is 21.8 Å². The fraction of sp³-hybridized carbons (Fsp3) is 0.350. The van der Waals surface area contributed by atoms with Crippen LogP contribution in [0, 0.1) is 6.92 Å². The number of benzene rings is 1. The molecule has 9 nitrogen and oxygen atoms in total. The number of amides is 2. The lowest BCUT2D eigenvalue weighted by atomic mass is 10.2. The topological polar surface area (TPSA) is 118 Å². The van der Waals surface area contributed by atoms with Gasteiger partial charge in [0.1, 0.15) is 6.23 Å². The van der Waals surface area contributed by atoms with Crippen LogP contribution >= 0.6 is 0 Å². The first-order valence-corrected chi connectivity index (χ1v) is 11.0. The zero-order valence-corrected chi connectivity index (χ0v) is 17.4. The molecule has 2 N–H and O–H groups in total. The first-order valence-electron chi connectivity index (χ1n) is 9.53. The normalized spacial score (nSPS) is 17.3. The predicted molar refractivity (Wildman–Crippen MR) is 109 cm³/mol. The van der Waals surface area contributed by atoms with E-state index in [1.54, 1.807) is 48.8 Å². The third-order valence-electron chi connectivity index (χ3n) is 4.63. The van der Waals surface area contributed by atoms with Gasteiger partial charge in [0.15, 0.2) is 0 Å². The van der Waals surface area contributed by atoms with Crippen LogP contribution in [-0.4, -0.2) is 55.4 Å². The van der Waals surface area contributed by atoms with Crippen molar-refractivity contribution in [2.24, 2.45) is 0 Å². The molecule has 0 saturated carbocycles. The van der Waals surface area contributed by atoms with Gasteiger partial charge in [-0.25, -0.2) is 8.42 Å². The maximum absolute atomic E-state index is 13.0. The summed E-state index contributed by atoms with van der Waals surface area (Å²) in [6, 6.07) is 9.98. The second-order valence-electron chi connectivity index (χ2n) is 6.86. The Morgan fingerprint density at radius 3 is 2.47 bits per heavy atom. The van der Waals surface area contributed by atoms with Gasteiger partial charge in [-0.15, -0.1) is 0 Å². The molecule has 1 fully saturated rings. The molecule has 10 heteroatoms. The van der Waals surface area contributed by atoms with Gasteiger partial charge in [-0.05, 0) is 43.2 Å². The molecule has 2 amide bonds. The molecular formula is C20H24N4O5S. The van der Waals surface area contributed by atoms with Gasteiger partial charge in [0.25, 0.3) is 0 Å². The summed E-state index contributed by atoms with van der Waals surface area (Å²) in [5, 5.41) is 4.96. The molecule has 0 radical (unpaired) electrons. The van der Waals surface area contributed by atoms with Crippen LogP contribution in [0.3, 0.4) is 0 Å². The minimum Gasteiger partial charge on any atom is -0.360 e. The number of nitrogens with one attached hydrogen (secondary N) is 2. The maximum atomic E-state index is 13.0. The Morgan fingerprint density at radius 2 is 1.77 bits per heavy atom. The first kappa shape index (κ1) is 21.9. The predicted octanol–water partition coefficient (Wildman–Crippen LogP) is 0.560. The molecule has 1 saturated heterocycles. The molecule has 1 atom stereocenters. The molecular weight excluding hydrogens is 408 g/mol. The van der Waals surface area contributed by atoms with E-state index in [-0.39, 0.29) is 24.5 Å². The second-order valence-corrected chi connectivity index (χ2v) is 8.75. The van der Waals surface area contributed by atoms with Crippen molar-refractivity contribution in [3.63, 3.8) is 0 Å². The van der Waals surface area contributed by atoms with Crippen molar-refractivity contribution in [1.82, 2.24) is 19.9 Å². The van der Waals surface area contributed by atoms with E-state index >= 15 is 0 Å². The van der Waals surface area contributed by atoms with Gasteiger partial charge in [0.05, 0.1) is 18.0 Å². The monoisotopic (exact) mass is 432 g/mol. The molecule has 30 heavy (non-hydrogen) atoms. The van der Waals surface area contributed by atoms with Crippen LogP contribution in [0.5, 0.6) is 0 Å². The SMILES string of the molecule is Cc1ccc(S(=O)(=O)N2CCCO[C@H]2CNC(=O)C(=O)NCc2ccncc2)cc1. The molecule has 1 aromatic carbocycles. The van der Waals surface area contributed by atoms with E-state index < -0.39 is 28.1 Å². The third kappa shape index (κ3) is 5.41. The lowest BCUT2D eigenvalue weighted by Crippen LogP contribution is -2.53. The van der Waals surface area contributed by atoms with Gasteiger partial charge in [0, 0.05) is 25.5 Å². The van der Waals surface area contributed by atoms with Gasteiger partial charge in [-0.2, -0.15) is 4.31 Å². The van der Waals surface area contributed by atoms with Crippen LogP contribution in [0.1, 0.15) is 17.5 Å². The summed E-state index contributed by atoms with van der Waals surface area (Å²) < 4.78 is 32.8. The van der Waals surface area contributed by atoms with Gasteiger partial charge in [-0.3, -0.25) is 14.6 Å². The largest absolute Gasteiger partial charge is 0.360 e. The molecule has 1 aromatic heterocycles. The molecule has 0 aliphatic carbocycles. The van der Waals surface area contributed by atoms with Crippen molar-refractivity contribution in [1.29, 1.82) is 0 Å². The quantitative estimate of drug-likeness (QED) is 0.644. The molecule has 1 aliphatic rings. The highest BCUT2D eigenvalue weighted by atomic mass is 32.2. The number of carbonyl (C=O) groups is 2. The smallest absolute Gasteiger partial charge is 0.309 e. The summed E-state index contributed by atoms with van der Waals surface area (Å²) in [5.41, 5.74) is 1.75. The number of pyridine rings is 1. The highest BCUT2D eigenvalue weighted by molar-refractivity contribution is 7.89. The van der Waals surface area contributed by atoms with E-state index in [0.717, 1.165) is 11.1 Å². The number of hydrogen-bond acceptors (Lipinski definition) is 6. The van der Waals surface area contributed by atoms with Crippen LogP contribution in [0.25, 0.3) is 0 Å². The molecule has 2 heterocycles. The van der Waals surface area contributed by atoms with Gasteiger partial charge >= 0.3 is 11.8 Å². The third-order valence-corrected chi connectivity index (χ3v) is 6.53. The summed E-state index contributed by atoms with van der Waals surface area (Å²) in [4.78, 5) is 28.2. The fourth-order valence-electron chi connectivity index (χ4n) is 2.97. The lowest BCUT2D eigenvalue weighted by molar-refractivity contribution is -0.140. The first-order chi connectivity index (χ1) is 14.4. The van der Waals surface area contributed by atoms with Crippen molar-refractivity contribution in [2.75, 3.05) is 19.7 Å². The lowest BCUT2D eigenvalue weighted by Gasteiger charge is -2.34. The highest BCUT2D eigenvalue weighted by Crippen LogP contribution is 2.22. The van der Waals surface area contributed by atoms with Crippen LogP contribution in [-0.2, 0) is 30.9 Å². The highest BCUT2D eigenvalue weighted by Gasteiger charge is 2.34. The minimum absolute atomic E-state index is 0.132. The Morgan fingerprint density at radius 1 is 1.10 bits per heavy atom. The summed E-state index contributed by atoms with van der Waals surface area (Å²) in [5.74, 6) is -1.67. The molecule has 1 aliphatic heterocycles. The Labute approximate surface area is 175 Å². The Bertz CT molecular complexity index is 980. The zero-order chi connectivity index (χ0) is 21.6. The zero-order valence-electron chi connectivity index (χ0n) is 16.6. The number of carbonyl (C=O) groups excluding carboxylic acids is 2. The van der Waals surface area contributed by atoms with E-state index in [4.69, 9.17) is 4.74 Å². The molecule has 2 aromatic rings. The summed E-state index contributed by atoms with van der Waals surface area (Å²) >= 11 is 0. The number of aryl methyl sites for hydroxylation is 1. The number of ether oxygens (including phenoxy) is 1. The standard InChI is InChI=1S/C20H24N4O5S/c1-15-3-5-17(6-4-15)30(27,28)24-11-2-12-29-18(24)14-23-20(26)19(25)22-13-16-7-9-21-10-8-16/h3-10,18H,2,11-14H2,1H3,(H,22,25)(H,23,26)/t18-/m0/s1. The molecule has 0 bridgehead atoms. The number of hydrogen-bond donors (Lipinski definition) is 2. The Balaban J connectivity index is 1.59. The number of rotatable bonds is 6. The minimum atomic E-state index is -3.79.